The first-order valence-electron chi connectivity index (χ1n) is 4.76. The molecule has 2 aromatic rings. The van der Waals surface area contributed by atoms with Crippen LogP contribution < -0.4 is 4.74 Å². The topological polar surface area (TPSA) is 29.5 Å². The third-order valence-corrected chi connectivity index (χ3v) is 2.18. The highest BCUT2D eigenvalue weighted by Gasteiger charge is 2.02. The molecule has 0 fully saturated rings. The summed E-state index contributed by atoms with van der Waals surface area (Å²) in [5.74, 6) is 0.901. The van der Waals surface area contributed by atoms with Crippen LogP contribution in [0.2, 0.25) is 0 Å². The zero-order valence-corrected chi connectivity index (χ0v) is 8.31. The fraction of sp³-hybridized carbons (Fsp3) is 0.0769. The average Bonchev–Trinajstić information content (AvgIpc) is 2.26. The summed E-state index contributed by atoms with van der Waals surface area (Å²) in [6.07, 6.45) is 1.67. The molecular weight excluding hydrogens is 188 g/mol. The SMILES string of the molecule is C=CCOc1cc(O)c2ccccc2c1. The fourth-order valence-electron chi connectivity index (χ4n) is 1.50. The highest BCUT2D eigenvalue weighted by atomic mass is 16.5. The van der Waals surface area contributed by atoms with E-state index in [9.17, 15) is 5.11 Å². The Morgan fingerprint density at radius 2 is 2.07 bits per heavy atom. The fourth-order valence-corrected chi connectivity index (χ4v) is 1.50. The molecule has 1 N–H and O–H groups in total. The van der Waals surface area contributed by atoms with Gasteiger partial charge in [0.2, 0.25) is 0 Å². The molecule has 0 aliphatic rings. The van der Waals surface area contributed by atoms with Gasteiger partial charge in [-0.3, -0.25) is 0 Å². The number of fused-ring (bicyclic) bond motifs is 1. The first-order valence-corrected chi connectivity index (χ1v) is 4.76. The van der Waals surface area contributed by atoms with E-state index < -0.39 is 0 Å². The van der Waals surface area contributed by atoms with E-state index in [-0.39, 0.29) is 5.75 Å². The summed E-state index contributed by atoms with van der Waals surface area (Å²) in [5.41, 5.74) is 0. The van der Waals surface area contributed by atoms with Gasteiger partial charge in [-0.15, -0.1) is 0 Å². The van der Waals surface area contributed by atoms with Crippen LogP contribution in [-0.4, -0.2) is 11.7 Å². The van der Waals surface area contributed by atoms with E-state index in [0.717, 1.165) is 10.8 Å². The van der Waals surface area contributed by atoms with Gasteiger partial charge in [-0.25, -0.2) is 0 Å². The largest absolute Gasteiger partial charge is 0.507 e. The number of hydrogen-bond donors (Lipinski definition) is 1. The summed E-state index contributed by atoms with van der Waals surface area (Å²) in [4.78, 5) is 0. The van der Waals surface area contributed by atoms with Gasteiger partial charge in [0.25, 0.3) is 0 Å². The summed E-state index contributed by atoms with van der Waals surface area (Å²) >= 11 is 0. The number of ether oxygens (including phenoxy) is 1. The molecule has 0 unspecified atom stereocenters. The van der Waals surface area contributed by atoms with Gasteiger partial charge in [-0.2, -0.15) is 0 Å². The summed E-state index contributed by atoms with van der Waals surface area (Å²) in [6.45, 7) is 4.02. The van der Waals surface area contributed by atoms with Gasteiger partial charge in [0, 0.05) is 11.5 Å². The molecule has 2 heteroatoms. The minimum absolute atomic E-state index is 0.243. The maximum atomic E-state index is 9.75. The predicted molar refractivity (Wildman–Crippen MR) is 61.3 cm³/mol. The molecule has 15 heavy (non-hydrogen) atoms. The number of aromatic hydroxyl groups is 1. The van der Waals surface area contributed by atoms with Crippen LogP contribution in [0.25, 0.3) is 10.8 Å². The molecule has 0 saturated heterocycles. The van der Waals surface area contributed by atoms with Gasteiger partial charge in [-0.05, 0) is 11.5 Å². The van der Waals surface area contributed by atoms with Crippen LogP contribution in [0.1, 0.15) is 0 Å². The Bertz CT molecular complexity index is 489. The molecule has 0 radical (unpaired) electrons. The second-order valence-electron chi connectivity index (χ2n) is 3.26. The monoisotopic (exact) mass is 200 g/mol. The van der Waals surface area contributed by atoms with E-state index in [4.69, 9.17) is 4.74 Å². The lowest BCUT2D eigenvalue weighted by atomic mass is 10.1. The van der Waals surface area contributed by atoms with Crippen LogP contribution in [0.15, 0.2) is 49.1 Å². The van der Waals surface area contributed by atoms with Crippen molar-refractivity contribution >= 4 is 10.8 Å². The molecule has 2 aromatic carbocycles. The molecule has 0 atom stereocenters. The maximum absolute atomic E-state index is 9.75. The molecule has 0 aliphatic heterocycles. The second kappa shape index (κ2) is 4.05. The number of rotatable bonds is 3. The molecule has 0 spiro atoms. The molecule has 0 saturated carbocycles. The standard InChI is InChI=1S/C13H12O2/c1-2-7-15-11-8-10-5-3-4-6-12(10)13(14)9-11/h2-6,8-9,14H,1,7H2. The van der Waals surface area contributed by atoms with E-state index in [0.29, 0.717) is 12.4 Å². The Morgan fingerprint density at radius 1 is 1.27 bits per heavy atom. The molecule has 0 aliphatic carbocycles. The Morgan fingerprint density at radius 3 is 2.87 bits per heavy atom. The smallest absolute Gasteiger partial charge is 0.127 e. The molecule has 2 nitrogen and oxygen atoms in total. The third kappa shape index (κ3) is 1.94. The minimum Gasteiger partial charge on any atom is -0.507 e. The van der Waals surface area contributed by atoms with Crippen LogP contribution in [0.3, 0.4) is 0 Å². The number of hydrogen-bond acceptors (Lipinski definition) is 2. The molecular formula is C13H12O2. The van der Waals surface area contributed by atoms with Gasteiger partial charge in [-0.1, -0.05) is 36.9 Å². The lowest BCUT2D eigenvalue weighted by Gasteiger charge is -2.06. The van der Waals surface area contributed by atoms with E-state index in [1.807, 2.05) is 30.3 Å². The van der Waals surface area contributed by atoms with Crippen molar-refractivity contribution < 1.29 is 9.84 Å². The Labute approximate surface area is 88.4 Å². The van der Waals surface area contributed by atoms with E-state index >= 15 is 0 Å². The van der Waals surface area contributed by atoms with Gasteiger partial charge in [0.15, 0.2) is 0 Å². The van der Waals surface area contributed by atoms with Crippen LogP contribution in [-0.2, 0) is 0 Å². The predicted octanol–water partition coefficient (Wildman–Crippen LogP) is 3.11. The number of phenolic OH excluding ortho intramolecular Hbond substituents is 1. The Kier molecular flexibility index (Phi) is 2.59. The van der Waals surface area contributed by atoms with E-state index in [1.54, 1.807) is 12.1 Å². The van der Waals surface area contributed by atoms with E-state index in [2.05, 4.69) is 6.58 Å². The molecule has 0 amide bonds. The molecule has 76 valence electrons. The van der Waals surface area contributed by atoms with Gasteiger partial charge in [0.05, 0.1) is 0 Å². The maximum Gasteiger partial charge on any atom is 0.127 e. The minimum atomic E-state index is 0.243. The van der Waals surface area contributed by atoms with Gasteiger partial charge in [0.1, 0.15) is 18.1 Å². The average molecular weight is 200 g/mol. The molecule has 0 heterocycles. The summed E-state index contributed by atoms with van der Waals surface area (Å²) < 4.78 is 5.37. The van der Waals surface area contributed by atoms with Crippen molar-refractivity contribution in [3.8, 4) is 11.5 Å². The normalized spacial score (nSPS) is 10.1. The van der Waals surface area contributed by atoms with E-state index in [1.165, 1.54) is 0 Å². The van der Waals surface area contributed by atoms with Crippen molar-refractivity contribution in [1.29, 1.82) is 0 Å². The third-order valence-electron chi connectivity index (χ3n) is 2.18. The van der Waals surface area contributed by atoms with Crippen LogP contribution >= 0.6 is 0 Å². The van der Waals surface area contributed by atoms with Crippen LogP contribution in [0.4, 0.5) is 0 Å². The van der Waals surface area contributed by atoms with Crippen molar-refractivity contribution in [2.24, 2.45) is 0 Å². The number of phenols is 1. The van der Waals surface area contributed by atoms with Crippen molar-refractivity contribution in [1.82, 2.24) is 0 Å². The zero-order chi connectivity index (χ0) is 10.7. The number of benzene rings is 2. The molecule has 0 aromatic heterocycles. The van der Waals surface area contributed by atoms with Crippen molar-refractivity contribution in [2.75, 3.05) is 6.61 Å². The first kappa shape index (κ1) is 9.59. The Hall–Kier alpha value is -1.96. The molecule has 0 bridgehead atoms. The van der Waals surface area contributed by atoms with Crippen LogP contribution in [0.5, 0.6) is 11.5 Å². The quantitative estimate of drug-likeness (QED) is 0.771. The zero-order valence-electron chi connectivity index (χ0n) is 8.31. The Balaban J connectivity index is 2.47. The van der Waals surface area contributed by atoms with Gasteiger partial charge >= 0.3 is 0 Å². The summed E-state index contributed by atoms with van der Waals surface area (Å²) in [5, 5.41) is 11.6. The van der Waals surface area contributed by atoms with Crippen molar-refractivity contribution in [3.05, 3.63) is 49.1 Å². The summed E-state index contributed by atoms with van der Waals surface area (Å²) in [6, 6.07) is 11.2. The summed E-state index contributed by atoms with van der Waals surface area (Å²) in [7, 11) is 0. The van der Waals surface area contributed by atoms with Crippen molar-refractivity contribution in [3.63, 3.8) is 0 Å². The highest BCUT2D eigenvalue weighted by Crippen LogP contribution is 2.29. The molecule has 2 rings (SSSR count). The van der Waals surface area contributed by atoms with Crippen LogP contribution in [0, 0.1) is 0 Å². The second-order valence-corrected chi connectivity index (χ2v) is 3.26. The first-order chi connectivity index (χ1) is 7.31. The lowest BCUT2D eigenvalue weighted by Crippen LogP contribution is -1.92. The van der Waals surface area contributed by atoms with Gasteiger partial charge < -0.3 is 9.84 Å². The highest BCUT2D eigenvalue weighted by molar-refractivity contribution is 5.89. The van der Waals surface area contributed by atoms with Crippen molar-refractivity contribution in [2.45, 2.75) is 0 Å². The lowest BCUT2D eigenvalue weighted by molar-refractivity contribution is 0.361.